The van der Waals surface area contributed by atoms with E-state index >= 15 is 0 Å². The van der Waals surface area contributed by atoms with Gasteiger partial charge < -0.3 is 10.7 Å². The first-order valence-electron chi connectivity index (χ1n) is 6.70. The number of nitrogens with one attached hydrogen (secondary N) is 2. The molecule has 1 aromatic rings. The number of rotatable bonds is 6. The molecule has 0 spiro atoms. The van der Waals surface area contributed by atoms with Crippen LogP contribution < -0.4 is 16.6 Å². The molecule has 1 atom stereocenters. The van der Waals surface area contributed by atoms with Crippen LogP contribution in [-0.2, 0) is 0 Å². The number of hydrazine groups is 1. The molecule has 0 amide bonds. The molecule has 0 aliphatic heterocycles. The van der Waals surface area contributed by atoms with Gasteiger partial charge in [0.15, 0.2) is 0 Å². The predicted octanol–water partition coefficient (Wildman–Crippen LogP) is 2.49. The normalized spacial score (nSPS) is 16.7. The van der Waals surface area contributed by atoms with Gasteiger partial charge in [0.2, 0.25) is 0 Å². The second-order valence-electron chi connectivity index (χ2n) is 5.52. The smallest absolute Gasteiger partial charge is 0.145 e. The maximum atomic E-state index is 5.44. The number of nitrogens with zero attached hydrogens (tertiary/aromatic N) is 2. The van der Waals surface area contributed by atoms with Crippen LogP contribution in [0.15, 0.2) is 6.07 Å². The average molecular weight is 249 g/mol. The zero-order valence-electron chi connectivity index (χ0n) is 11.4. The molecule has 1 saturated carbocycles. The first kappa shape index (κ1) is 13.1. The summed E-state index contributed by atoms with van der Waals surface area (Å²) in [6, 6.07) is 2.30. The van der Waals surface area contributed by atoms with Crippen LogP contribution in [0.4, 0.5) is 11.6 Å². The minimum atomic E-state index is 0.289. The summed E-state index contributed by atoms with van der Waals surface area (Å²) >= 11 is 0. The van der Waals surface area contributed by atoms with E-state index in [1.165, 1.54) is 19.3 Å². The van der Waals surface area contributed by atoms with Gasteiger partial charge in [-0.05, 0) is 19.3 Å². The lowest BCUT2D eigenvalue weighted by molar-refractivity contribution is 0.638. The summed E-state index contributed by atoms with van der Waals surface area (Å²) in [5.74, 6) is 8.97. The molecule has 1 fully saturated rings. The molecule has 1 aliphatic carbocycles. The Morgan fingerprint density at radius 3 is 2.50 bits per heavy atom. The second kappa shape index (κ2) is 5.52. The van der Waals surface area contributed by atoms with Gasteiger partial charge in [-0.15, -0.1) is 0 Å². The number of anilines is 2. The van der Waals surface area contributed by atoms with Gasteiger partial charge >= 0.3 is 0 Å². The fourth-order valence-corrected chi connectivity index (χ4v) is 2.04. The summed E-state index contributed by atoms with van der Waals surface area (Å²) in [7, 11) is 0. The van der Waals surface area contributed by atoms with Gasteiger partial charge in [-0.1, -0.05) is 26.7 Å². The van der Waals surface area contributed by atoms with Crippen LogP contribution in [0.3, 0.4) is 0 Å². The lowest BCUT2D eigenvalue weighted by Gasteiger charge is -2.16. The van der Waals surface area contributed by atoms with Crippen LogP contribution in [-0.4, -0.2) is 16.0 Å². The van der Waals surface area contributed by atoms with Crippen LogP contribution in [0.5, 0.6) is 0 Å². The van der Waals surface area contributed by atoms with Crippen LogP contribution in [0, 0.1) is 5.92 Å². The van der Waals surface area contributed by atoms with E-state index in [0.29, 0.717) is 11.9 Å². The van der Waals surface area contributed by atoms with Crippen molar-refractivity contribution < 1.29 is 0 Å². The highest BCUT2D eigenvalue weighted by Crippen LogP contribution is 2.34. The first-order chi connectivity index (χ1) is 8.58. The minimum Gasteiger partial charge on any atom is -0.367 e. The Balaban J connectivity index is 2.07. The van der Waals surface area contributed by atoms with Crippen LogP contribution in [0.2, 0.25) is 0 Å². The quantitative estimate of drug-likeness (QED) is 0.533. The number of aromatic nitrogens is 2. The third-order valence-electron chi connectivity index (χ3n) is 3.19. The molecule has 18 heavy (non-hydrogen) atoms. The monoisotopic (exact) mass is 249 g/mol. The lowest BCUT2D eigenvalue weighted by Crippen LogP contribution is -2.19. The first-order valence-corrected chi connectivity index (χ1v) is 6.70. The lowest BCUT2D eigenvalue weighted by atomic mass is 10.1. The van der Waals surface area contributed by atoms with Gasteiger partial charge in [-0.2, -0.15) is 0 Å². The average Bonchev–Trinajstić information content (AvgIpc) is 3.12. The fourth-order valence-electron chi connectivity index (χ4n) is 2.04. The van der Waals surface area contributed by atoms with E-state index < -0.39 is 0 Å². The van der Waals surface area contributed by atoms with Crippen molar-refractivity contribution in [2.75, 3.05) is 10.7 Å². The molecule has 1 unspecified atom stereocenters. The largest absolute Gasteiger partial charge is 0.367 e. The van der Waals surface area contributed by atoms with E-state index in [4.69, 9.17) is 5.84 Å². The maximum absolute atomic E-state index is 5.44. The van der Waals surface area contributed by atoms with E-state index in [2.05, 4.69) is 41.5 Å². The molecule has 1 aromatic heterocycles. The number of nitrogen functional groups attached to an aromatic ring is 1. The summed E-state index contributed by atoms with van der Waals surface area (Å²) in [5, 5.41) is 3.44. The Bertz CT molecular complexity index is 400. The van der Waals surface area contributed by atoms with Gasteiger partial charge in [-0.25, -0.2) is 15.8 Å². The Kier molecular flexibility index (Phi) is 4.01. The highest BCUT2D eigenvalue weighted by molar-refractivity contribution is 5.47. The molecule has 1 aliphatic rings. The Morgan fingerprint density at radius 1 is 1.28 bits per heavy atom. The summed E-state index contributed by atoms with van der Waals surface area (Å²) < 4.78 is 0. The Morgan fingerprint density at radius 2 is 1.94 bits per heavy atom. The van der Waals surface area contributed by atoms with Crippen molar-refractivity contribution in [3.63, 3.8) is 0 Å². The third kappa shape index (κ3) is 3.57. The van der Waals surface area contributed by atoms with Gasteiger partial charge in [0.1, 0.15) is 17.5 Å². The van der Waals surface area contributed by atoms with E-state index in [0.717, 1.165) is 17.6 Å². The molecule has 0 saturated heterocycles. The summed E-state index contributed by atoms with van der Waals surface area (Å²) in [5.41, 5.74) is 2.60. The summed E-state index contributed by atoms with van der Waals surface area (Å²) in [6.07, 6.45) is 3.97. The topological polar surface area (TPSA) is 75.9 Å². The highest BCUT2D eigenvalue weighted by Gasteiger charge is 2.23. The predicted molar refractivity (Wildman–Crippen MR) is 74.4 cm³/mol. The fraction of sp³-hybridized carbons (Fsp3) is 0.692. The Labute approximate surface area is 109 Å². The van der Waals surface area contributed by atoms with Crippen LogP contribution in [0.1, 0.15) is 51.8 Å². The molecular weight excluding hydrogens is 226 g/mol. The molecule has 5 heteroatoms. The number of nitrogens with two attached hydrogens (primary N) is 1. The summed E-state index contributed by atoms with van der Waals surface area (Å²) in [4.78, 5) is 8.88. The van der Waals surface area contributed by atoms with E-state index in [-0.39, 0.29) is 5.92 Å². The van der Waals surface area contributed by atoms with Crippen LogP contribution >= 0.6 is 0 Å². The van der Waals surface area contributed by atoms with E-state index in [1.54, 1.807) is 0 Å². The molecule has 1 heterocycles. The molecule has 4 N–H and O–H groups in total. The van der Waals surface area contributed by atoms with Gasteiger partial charge in [0.05, 0.1) is 0 Å². The van der Waals surface area contributed by atoms with Crippen molar-refractivity contribution in [3.8, 4) is 0 Å². The maximum Gasteiger partial charge on any atom is 0.145 e. The van der Waals surface area contributed by atoms with Gasteiger partial charge in [-0.3, -0.25) is 0 Å². The third-order valence-corrected chi connectivity index (χ3v) is 3.19. The van der Waals surface area contributed by atoms with Crippen molar-refractivity contribution in [2.24, 2.45) is 11.8 Å². The molecule has 0 radical (unpaired) electrons. The number of hydrogen-bond acceptors (Lipinski definition) is 5. The SMILES string of the molecule is CC(CC1CC1)Nc1cc(NN)nc(C(C)C)n1. The Hall–Kier alpha value is -1.36. The molecule has 5 nitrogen and oxygen atoms in total. The van der Waals surface area contributed by atoms with Crippen LogP contribution in [0.25, 0.3) is 0 Å². The standard InChI is InChI=1S/C13H23N5/c1-8(2)13-16-11(7-12(17-13)18-14)15-9(3)6-10-4-5-10/h7-10H,4-6,14H2,1-3H3,(H2,15,16,17,18). The van der Waals surface area contributed by atoms with E-state index in [9.17, 15) is 0 Å². The minimum absolute atomic E-state index is 0.289. The van der Waals surface area contributed by atoms with Crippen molar-refractivity contribution in [1.29, 1.82) is 0 Å². The van der Waals surface area contributed by atoms with Crippen molar-refractivity contribution in [3.05, 3.63) is 11.9 Å². The molecule has 100 valence electrons. The molecule has 0 aromatic carbocycles. The van der Waals surface area contributed by atoms with Gasteiger partial charge in [0, 0.05) is 18.0 Å². The highest BCUT2D eigenvalue weighted by atomic mass is 15.3. The second-order valence-corrected chi connectivity index (χ2v) is 5.52. The van der Waals surface area contributed by atoms with Crippen molar-refractivity contribution >= 4 is 11.6 Å². The van der Waals surface area contributed by atoms with Gasteiger partial charge in [0.25, 0.3) is 0 Å². The van der Waals surface area contributed by atoms with E-state index in [1.807, 2.05) is 6.07 Å². The van der Waals surface area contributed by atoms with Crippen molar-refractivity contribution in [1.82, 2.24) is 9.97 Å². The zero-order valence-corrected chi connectivity index (χ0v) is 11.4. The molecular formula is C13H23N5. The zero-order chi connectivity index (χ0) is 13.1. The molecule has 2 rings (SSSR count). The summed E-state index contributed by atoms with van der Waals surface area (Å²) in [6.45, 7) is 6.35. The van der Waals surface area contributed by atoms with Crippen molar-refractivity contribution in [2.45, 2.75) is 52.0 Å². The number of hydrogen-bond donors (Lipinski definition) is 3. The molecule has 0 bridgehead atoms.